The summed E-state index contributed by atoms with van der Waals surface area (Å²) in [5.74, 6) is -0.206. The molecular formula is C16H23N5O. The van der Waals surface area contributed by atoms with Crippen LogP contribution in [0.4, 0.5) is 0 Å². The largest absolute Gasteiger partial charge is 0.385 e. The summed E-state index contributed by atoms with van der Waals surface area (Å²) in [6, 6.07) is 3.76. The predicted molar refractivity (Wildman–Crippen MR) is 87.1 cm³/mol. The molecule has 0 spiro atoms. The van der Waals surface area contributed by atoms with Gasteiger partial charge in [-0.2, -0.15) is 0 Å². The van der Waals surface area contributed by atoms with E-state index in [0.717, 1.165) is 31.0 Å². The maximum absolute atomic E-state index is 12.2. The Morgan fingerprint density at radius 3 is 2.95 bits per heavy atom. The molecule has 1 amide bonds. The molecule has 0 fully saturated rings. The first-order valence-electron chi connectivity index (χ1n) is 7.52. The Morgan fingerprint density at radius 2 is 2.27 bits per heavy atom. The molecule has 118 valence electrons. The zero-order valence-electron chi connectivity index (χ0n) is 13.0. The number of nitrogens with zero attached hydrogens (tertiary/aromatic N) is 1. The number of hydrogen-bond acceptors (Lipinski definition) is 5. The van der Waals surface area contributed by atoms with Crippen LogP contribution in [0.2, 0.25) is 0 Å². The van der Waals surface area contributed by atoms with E-state index in [-0.39, 0.29) is 17.9 Å². The van der Waals surface area contributed by atoms with Gasteiger partial charge in [-0.15, -0.1) is 0 Å². The molecule has 2 bridgehead atoms. The minimum absolute atomic E-state index is 0.0713. The molecule has 0 saturated carbocycles. The molecule has 1 aliphatic rings. The number of aromatic nitrogens is 1. The first-order valence-corrected chi connectivity index (χ1v) is 7.52. The molecule has 2 rings (SSSR count). The maximum atomic E-state index is 12.2. The molecule has 2 atom stereocenters. The van der Waals surface area contributed by atoms with Crippen LogP contribution in [0.1, 0.15) is 43.5 Å². The third-order valence-electron chi connectivity index (χ3n) is 3.99. The van der Waals surface area contributed by atoms with Crippen molar-refractivity contribution >= 4 is 17.8 Å². The van der Waals surface area contributed by atoms with Gasteiger partial charge in [-0.1, -0.05) is 13.3 Å². The van der Waals surface area contributed by atoms with Crippen molar-refractivity contribution in [2.24, 2.45) is 11.7 Å². The van der Waals surface area contributed by atoms with Crippen molar-refractivity contribution in [2.75, 3.05) is 7.05 Å². The second-order valence-corrected chi connectivity index (χ2v) is 5.59. The van der Waals surface area contributed by atoms with Crippen LogP contribution < -0.4 is 16.4 Å². The molecule has 0 radical (unpaired) electrons. The molecule has 1 aromatic rings. The number of nitrogens with one attached hydrogen (secondary N) is 3. The van der Waals surface area contributed by atoms with E-state index in [2.05, 4.69) is 15.6 Å². The van der Waals surface area contributed by atoms with Crippen LogP contribution in [-0.4, -0.2) is 24.2 Å². The van der Waals surface area contributed by atoms with Crippen LogP contribution in [0.3, 0.4) is 0 Å². The quantitative estimate of drug-likeness (QED) is 0.622. The molecule has 0 saturated heterocycles. The van der Waals surface area contributed by atoms with Crippen molar-refractivity contribution in [3.63, 3.8) is 0 Å². The second-order valence-electron chi connectivity index (χ2n) is 5.59. The summed E-state index contributed by atoms with van der Waals surface area (Å²) in [4.78, 5) is 16.6. The van der Waals surface area contributed by atoms with E-state index in [1.807, 2.05) is 19.1 Å². The maximum Gasteiger partial charge on any atom is 0.227 e. The van der Waals surface area contributed by atoms with Crippen LogP contribution in [-0.2, 0) is 4.79 Å². The first-order chi connectivity index (χ1) is 10.6. The number of amides is 1. The molecule has 2 heterocycles. The van der Waals surface area contributed by atoms with Gasteiger partial charge < -0.3 is 21.8 Å². The van der Waals surface area contributed by atoms with Crippen LogP contribution >= 0.6 is 0 Å². The SMILES string of the molecule is CN/C1=C(\C=N)NC(=O)C(C)CCCC(N)c2ccnc1c2. The summed E-state index contributed by atoms with van der Waals surface area (Å²) in [5, 5.41) is 13.4. The van der Waals surface area contributed by atoms with Gasteiger partial charge in [-0.05, 0) is 30.5 Å². The average molecular weight is 301 g/mol. The third-order valence-corrected chi connectivity index (χ3v) is 3.99. The lowest BCUT2D eigenvalue weighted by Gasteiger charge is -2.19. The standard InChI is InChI=1S/C16H23N5O/c1-10-4-3-5-12(18)11-6-7-20-13(8-11)15(19-2)14(9-17)21-16(10)22/h6-10,12,17,19H,3-5,18H2,1-2H3,(H,21,22)/b15-14+,17-9?. The predicted octanol–water partition coefficient (Wildman–Crippen LogP) is 1.56. The van der Waals surface area contributed by atoms with E-state index in [4.69, 9.17) is 11.1 Å². The molecule has 1 aliphatic heterocycles. The Hall–Kier alpha value is -2.21. The summed E-state index contributed by atoms with van der Waals surface area (Å²) in [6.45, 7) is 1.89. The highest BCUT2D eigenvalue weighted by Crippen LogP contribution is 2.22. The lowest BCUT2D eigenvalue weighted by Crippen LogP contribution is -2.32. The van der Waals surface area contributed by atoms with Crippen molar-refractivity contribution in [3.05, 3.63) is 35.3 Å². The van der Waals surface area contributed by atoms with Gasteiger partial charge in [0.25, 0.3) is 0 Å². The van der Waals surface area contributed by atoms with Gasteiger partial charge in [0, 0.05) is 31.4 Å². The molecule has 22 heavy (non-hydrogen) atoms. The fraction of sp³-hybridized carbons (Fsp3) is 0.438. The number of fused-ring (bicyclic) bond motifs is 2. The summed E-state index contributed by atoms with van der Waals surface area (Å²) in [7, 11) is 1.74. The molecule has 0 aromatic carbocycles. The van der Waals surface area contributed by atoms with Crippen LogP contribution in [0.25, 0.3) is 5.70 Å². The molecule has 5 N–H and O–H groups in total. The zero-order valence-corrected chi connectivity index (χ0v) is 13.0. The summed E-state index contributed by atoms with van der Waals surface area (Å²) < 4.78 is 0. The van der Waals surface area contributed by atoms with Crippen molar-refractivity contribution in [1.82, 2.24) is 15.6 Å². The fourth-order valence-corrected chi connectivity index (χ4v) is 2.58. The van der Waals surface area contributed by atoms with Gasteiger partial charge in [-0.3, -0.25) is 9.78 Å². The van der Waals surface area contributed by atoms with Crippen molar-refractivity contribution < 1.29 is 4.79 Å². The van der Waals surface area contributed by atoms with Gasteiger partial charge in [0.1, 0.15) is 0 Å². The Bertz CT molecular complexity index is 596. The highest BCUT2D eigenvalue weighted by atomic mass is 16.1. The van der Waals surface area contributed by atoms with Crippen LogP contribution in [0.5, 0.6) is 0 Å². The summed E-state index contributed by atoms with van der Waals surface area (Å²) >= 11 is 0. The Morgan fingerprint density at radius 1 is 1.50 bits per heavy atom. The molecule has 1 aromatic heterocycles. The lowest BCUT2D eigenvalue weighted by molar-refractivity contribution is -0.123. The average Bonchev–Trinajstić information content (AvgIpc) is 2.53. The van der Waals surface area contributed by atoms with E-state index in [0.29, 0.717) is 17.1 Å². The smallest absolute Gasteiger partial charge is 0.227 e. The zero-order chi connectivity index (χ0) is 16.1. The van der Waals surface area contributed by atoms with E-state index < -0.39 is 0 Å². The normalized spacial score (nSPS) is 26.4. The highest BCUT2D eigenvalue weighted by Gasteiger charge is 2.19. The summed E-state index contributed by atoms with van der Waals surface area (Å²) in [6.07, 6.45) is 5.33. The molecule has 6 nitrogen and oxygen atoms in total. The third kappa shape index (κ3) is 3.51. The number of carbonyl (C=O) groups excluding carboxylic acids is 1. The van der Waals surface area contributed by atoms with Crippen molar-refractivity contribution in [3.8, 4) is 0 Å². The lowest BCUT2D eigenvalue weighted by atomic mass is 9.96. The Labute approximate surface area is 130 Å². The monoisotopic (exact) mass is 301 g/mol. The van der Waals surface area contributed by atoms with Crippen molar-refractivity contribution in [2.45, 2.75) is 32.2 Å². The van der Waals surface area contributed by atoms with Gasteiger partial charge in [0.05, 0.1) is 17.1 Å². The van der Waals surface area contributed by atoms with E-state index in [9.17, 15) is 4.79 Å². The van der Waals surface area contributed by atoms with E-state index >= 15 is 0 Å². The number of carbonyl (C=O) groups is 1. The number of pyridine rings is 1. The molecule has 6 heteroatoms. The van der Waals surface area contributed by atoms with E-state index in [1.54, 1.807) is 13.2 Å². The van der Waals surface area contributed by atoms with Gasteiger partial charge in [0.2, 0.25) is 5.91 Å². The minimum atomic E-state index is -0.119. The second kappa shape index (κ2) is 7.17. The highest BCUT2D eigenvalue weighted by molar-refractivity contribution is 5.94. The van der Waals surface area contributed by atoms with Gasteiger partial charge in [0.15, 0.2) is 0 Å². The first kappa shape index (κ1) is 16.2. The van der Waals surface area contributed by atoms with Gasteiger partial charge in [-0.25, -0.2) is 0 Å². The van der Waals surface area contributed by atoms with E-state index in [1.165, 1.54) is 0 Å². The Kier molecular flexibility index (Phi) is 5.27. The van der Waals surface area contributed by atoms with Gasteiger partial charge >= 0.3 is 0 Å². The number of hydrogen-bond donors (Lipinski definition) is 4. The molecular weight excluding hydrogens is 278 g/mol. The number of allylic oxidation sites excluding steroid dienone is 1. The topological polar surface area (TPSA) is 104 Å². The molecule has 2 unspecified atom stereocenters. The number of rotatable bonds is 2. The minimum Gasteiger partial charge on any atom is -0.385 e. The Balaban J connectivity index is 2.53. The fourth-order valence-electron chi connectivity index (χ4n) is 2.58. The molecule has 0 aliphatic carbocycles. The van der Waals surface area contributed by atoms with Crippen LogP contribution in [0, 0.1) is 11.3 Å². The number of nitrogens with two attached hydrogens (primary N) is 1. The summed E-state index contributed by atoms with van der Waals surface area (Å²) in [5.41, 5.74) is 8.96. The van der Waals surface area contributed by atoms with Crippen LogP contribution in [0.15, 0.2) is 24.0 Å². The van der Waals surface area contributed by atoms with Crippen molar-refractivity contribution in [1.29, 1.82) is 5.41 Å².